The van der Waals surface area contributed by atoms with E-state index in [1.165, 1.54) is 59.1 Å². The number of hydrogen-bond acceptors (Lipinski definition) is 3. The van der Waals surface area contributed by atoms with Crippen molar-refractivity contribution in [1.82, 2.24) is 19.1 Å². The van der Waals surface area contributed by atoms with Gasteiger partial charge in [0.2, 0.25) is 5.95 Å². The standard InChI is InChI=1S/C56H34N4S/c1-4-15-35(16-5-1)46-33-47(36-17-6-2-7-18-36)58-56(57-46)60-48-25-12-10-21-40(48)44-31-37(27-29-49(44)60)38-28-30-50-45(32-38)54-43-24-14-23-42-41-22-11-13-26-52(41)61-53(55(42)43)34-51(54)59(50)39-19-8-3-9-20-39/h1-34H. The molecule has 4 heterocycles. The molecule has 13 rings (SSSR count). The van der Waals surface area contributed by atoms with Crippen molar-refractivity contribution in [3.63, 3.8) is 0 Å². The van der Waals surface area contributed by atoms with Crippen LogP contribution in [0.25, 0.3) is 111 Å². The first-order chi connectivity index (χ1) is 30.2. The second-order valence-electron chi connectivity index (χ2n) is 15.8. The fourth-order valence-electron chi connectivity index (χ4n) is 9.61. The third kappa shape index (κ3) is 5.27. The maximum atomic E-state index is 5.25. The average Bonchev–Trinajstić information content (AvgIpc) is 3.84. The first kappa shape index (κ1) is 34.2. The summed E-state index contributed by atoms with van der Waals surface area (Å²) in [6.07, 6.45) is 0. The van der Waals surface area contributed by atoms with E-state index in [1.807, 2.05) is 23.9 Å². The topological polar surface area (TPSA) is 35.6 Å². The summed E-state index contributed by atoms with van der Waals surface area (Å²) in [5.41, 5.74) is 14.5. The predicted molar refractivity (Wildman–Crippen MR) is 254 cm³/mol. The van der Waals surface area contributed by atoms with Crippen LogP contribution in [-0.2, 0) is 0 Å². The molecule has 12 aromatic rings. The highest BCUT2D eigenvalue weighted by Crippen LogP contribution is 2.51. The van der Waals surface area contributed by atoms with E-state index in [0.717, 1.165) is 55.6 Å². The van der Waals surface area contributed by atoms with Crippen molar-refractivity contribution in [2.45, 2.75) is 9.79 Å². The van der Waals surface area contributed by atoms with E-state index in [-0.39, 0.29) is 0 Å². The Morgan fingerprint density at radius 1 is 0.328 bits per heavy atom. The minimum Gasteiger partial charge on any atom is -0.309 e. The van der Waals surface area contributed by atoms with Gasteiger partial charge in [-0.3, -0.25) is 4.57 Å². The summed E-state index contributed by atoms with van der Waals surface area (Å²) in [5.74, 6) is 0.647. The van der Waals surface area contributed by atoms with Gasteiger partial charge in [0.25, 0.3) is 0 Å². The van der Waals surface area contributed by atoms with Gasteiger partial charge >= 0.3 is 0 Å². The Labute approximate surface area is 356 Å². The highest BCUT2D eigenvalue weighted by atomic mass is 32.2. The van der Waals surface area contributed by atoms with Gasteiger partial charge in [-0.15, -0.1) is 0 Å². The normalized spacial score (nSPS) is 12.2. The van der Waals surface area contributed by atoms with Crippen molar-refractivity contribution < 1.29 is 0 Å². The molecule has 284 valence electrons. The van der Waals surface area contributed by atoms with Gasteiger partial charge in [0.15, 0.2) is 0 Å². The van der Waals surface area contributed by atoms with Crippen LogP contribution < -0.4 is 0 Å². The van der Waals surface area contributed by atoms with Crippen molar-refractivity contribution in [3.05, 3.63) is 206 Å². The molecule has 0 saturated heterocycles. The van der Waals surface area contributed by atoms with E-state index in [4.69, 9.17) is 9.97 Å². The Balaban J connectivity index is 1.03. The molecule has 1 aliphatic heterocycles. The van der Waals surface area contributed by atoms with Crippen LogP contribution in [0.1, 0.15) is 0 Å². The van der Waals surface area contributed by atoms with Gasteiger partial charge in [-0.25, -0.2) is 9.97 Å². The summed E-state index contributed by atoms with van der Waals surface area (Å²) in [6.45, 7) is 0. The molecule has 0 spiro atoms. The first-order valence-corrected chi connectivity index (χ1v) is 21.5. The Bertz CT molecular complexity index is 3660. The smallest absolute Gasteiger partial charge is 0.235 e. The van der Waals surface area contributed by atoms with Crippen molar-refractivity contribution >= 4 is 66.1 Å². The minimum atomic E-state index is 0.647. The Kier molecular flexibility index (Phi) is 7.50. The molecule has 0 bridgehead atoms. The summed E-state index contributed by atoms with van der Waals surface area (Å²) >= 11 is 1.88. The number of nitrogens with zero attached hydrogens (tertiary/aromatic N) is 4. The number of fused-ring (bicyclic) bond motifs is 9. The fraction of sp³-hybridized carbons (Fsp3) is 0. The molecule has 0 atom stereocenters. The lowest BCUT2D eigenvalue weighted by atomic mass is 9.94. The minimum absolute atomic E-state index is 0.647. The zero-order valence-electron chi connectivity index (χ0n) is 32.8. The number of benzene rings is 9. The monoisotopic (exact) mass is 794 g/mol. The lowest BCUT2D eigenvalue weighted by Gasteiger charge is -2.21. The van der Waals surface area contributed by atoms with Crippen molar-refractivity contribution in [2.75, 3.05) is 0 Å². The number of para-hydroxylation sites is 2. The molecule has 0 unspecified atom stereocenters. The zero-order valence-corrected chi connectivity index (χ0v) is 33.6. The largest absolute Gasteiger partial charge is 0.309 e. The maximum Gasteiger partial charge on any atom is 0.235 e. The van der Waals surface area contributed by atoms with Crippen LogP contribution in [0.3, 0.4) is 0 Å². The molecule has 9 aromatic carbocycles. The Hall–Kier alpha value is -7.73. The van der Waals surface area contributed by atoms with Gasteiger partial charge in [0.1, 0.15) is 0 Å². The second-order valence-corrected chi connectivity index (χ2v) is 16.8. The van der Waals surface area contributed by atoms with E-state index in [2.05, 4.69) is 203 Å². The third-order valence-corrected chi connectivity index (χ3v) is 13.4. The molecule has 0 radical (unpaired) electrons. The zero-order chi connectivity index (χ0) is 40.0. The third-order valence-electron chi connectivity index (χ3n) is 12.3. The summed E-state index contributed by atoms with van der Waals surface area (Å²) in [4.78, 5) is 13.1. The lowest BCUT2D eigenvalue weighted by molar-refractivity contribution is 0.995. The average molecular weight is 795 g/mol. The van der Waals surface area contributed by atoms with Gasteiger partial charge in [-0.05, 0) is 88.3 Å². The number of aromatic nitrogens is 4. The van der Waals surface area contributed by atoms with Crippen LogP contribution in [0, 0.1) is 0 Å². The van der Waals surface area contributed by atoms with Crippen molar-refractivity contribution in [3.8, 4) is 56.4 Å². The Morgan fingerprint density at radius 2 is 0.902 bits per heavy atom. The van der Waals surface area contributed by atoms with E-state index >= 15 is 0 Å². The van der Waals surface area contributed by atoms with E-state index in [1.54, 1.807) is 0 Å². The molecule has 4 nitrogen and oxygen atoms in total. The highest BCUT2D eigenvalue weighted by Gasteiger charge is 2.24. The summed E-state index contributed by atoms with van der Waals surface area (Å²) < 4.78 is 4.67. The maximum absolute atomic E-state index is 5.25. The number of rotatable bonds is 5. The van der Waals surface area contributed by atoms with Gasteiger partial charge in [0.05, 0.1) is 33.5 Å². The molecule has 61 heavy (non-hydrogen) atoms. The van der Waals surface area contributed by atoms with Crippen LogP contribution in [0.15, 0.2) is 216 Å². The van der Waals surface area contributed by atoms with Gasteiger partial charge in [0, 0.05) is 53.5 Å². The molecule has 5 heteroatoms. The Morgan fingerprint density at radius 3 is 1.64 bits per heavy atom. The van der Waals surface area contributed by atoms with E-state index in [0.29, 0.717) is 5.95 Å². The molecule has 3 aromatic heterocycles. The van der Waals surface area contributed by atoms with Crippen LogP contribution in [-0.4, -0.2) is 19.1 Å². The van der Waals surface area contributed by atoms with Crippen LogP contribution in [0.4, 0.5) is 0 Å². The highest BCUT2D eigenvalue weighted by molar-refractivity contribution is 7.99. The van der Waals surface area contributed by atoms with Gasteiger partial charge in [-0.2, -0.15) is 0 Å². The molecular weight excluding hydrogens is 761 g/mol. The van der Waals surface area contributed by atoms with Crippen LogP contribution in [0.5, 0.6) is 0 Å². The number of hydrogen-bond donors (Lipinski definition) is 0. The SMILES string of the molecule is c1ccc(-c2cc(-c3ccccc3)nc(-n3c4ccccc4c4cc(-c5ccc6c(c5)c5c7cccc8c7c(cc5n6-c5ccccc5)Sc5ccccc5-8)ccc43)n2)cc1. The van der Waals surface area contributed by atoms with E-state index in [9.17, 15) is 0 Å². The van der Waals surface area contributed by atoms with E-state index < -0.39 is 0 Å². The molecular formula is C56H34N4S. The molecule has 0 saturated carbocycles. The van der Waals surface area contributed by atoms with Crippen molar-refractivity contribution in [1.29, 1.82) is 0 Å². The van der Waals surface area contributed by atoms with Crippen LogP contribution in [0.2, 0.25) is 0 Å². The van der Waals surface area contributed by atoms with Crippen LogP contribution >= 0.6 is 11.8 Å². The van der Waals surface area contributed by atoms with Gasteiger partial charge < -0.3 is 4.57 Å². The molecule has 1 aliphatic rings. The fourth-order valence-corrected chi connectivity index (χ4v) is 10.8. The second kappa shape index (κ2) is 13.4. The summed E-state index contributed by atoms with van der Waals surface area (Å²) in [5, 5.41) is 7.46. The predicted octanol–water partition coefficient (Wildman–Crippen LogP) is 15.0. The molecule has 0 N–H and O–H groups in total. The summed E-state index contributed by atoms with van der Waals surface area (Å²) in [6, 6.07) is 74.2. The molecule has 0 amide bonds. The first-order valence-electron chi connectivity index (χ1n) is 20.7. The summed E-state index contributed by atoms with van der Waals surface area (Å²) in [7, 11) is 0. The quantitative estimate of drug-likeness (QED) is 0.174. The molecule has 0 aliphatic carbocycles. The van der Waals surface area contributed by atoms with Crippen molar-refractivity contribution in [2.24, 2.45) is 0 Å². The van der Waals surface area contributed by atoms with Gasteiger partial charge in [-0.1, -0.05) is 157 Å². The lowest BCUT2D eigenvalue weighted by Crippen LogP contribution is -2.03. The molecule has 0 fully saturated rings.